The van der Waals surface area contributed by atoms with Crippen molar-refractivity contribution < 1.29 is 0 Å². The van der Waals surface area contributed by atoms with E-state index in [-0.39, 0.29) is 5.56 Å². The Hall–Kier alpha value is -2.83. The highest BCUT2D eigenvalue weighted by atomic mass is 16.1. The van der Waals surface area contributed by atoms with Crippen LogP contribution >= 0.6 is 0 Å². The molecule has 0 saturated carbocycles. The van der Waals surface area contributed by atoms with Gasteiger partial charge in [0.05, 0.1) is 28.6 Å². The number of nitrogens with two attached hydrogens (primary N) is 1. The number of hydrogen-bond acceptors (Lipinski definition) is 5. The largest absolute Gasteiger partial charge is 0.397 e. The van der Waals surface area contributed by atoms with E-state index in [0.717, 1.165) is 17.9 Å². The van der Waals surface area contributed by atoms with Crippen LogP contribution in [0.15, 0.2) is 35.6 Å². The summed E-state index contributed by atoms with van der Waals surface area (Å²) in [6.07, 6.45) is 5.65. The van der Waals surface area contributed by atoms with Crippen molar-refractivity contribution in [3.05, 3.63) is 47.0 Å². The Morgan fingerprint density at radius 3 is 2.95 bits per heavy atom. The summed E-state index contributed by atoms with van der Waals surface area (Å²) in [5.41, 5.74) is 7.66. The molecule has 0 bridgehead atoms. The second-order valence-corrected chi connectivity index (χ2v) is 4.40. The van der Waals surface area contributed by atoms with Crippen LogP contribution in [-0.2, 0) is 6.42 Å². The number of nitrogens with zero attached hydrogens (tertiary/aromatic N) is 2. The Balaban J connectivity index is 1.81. The van der Waals surface area contributed by atoms with Crippen molar-refractivity contribution >= 4 is 22.3 Å². The molecular weight excluding hydrogens is 256 g/mol. The van der Waals surface area contributed by atoms with Crippen LogP contribution < -0.4 is 16.6 Å². The molecule has 1 aromatic carbocycles. The number of nitrogens with one attached hydrogen (secondary N) is 3. The van der Waals surface area contributed by atoms with Crippen LogP contribution in [-0.4, -0.2) is 26.5 Å². The minimum absolute atomic E-state index is 0.191. The number of nitrogen functional groups attached to an aromatic ring is 1. The number of anilines is 2. The maximum Gasteiger partial charge on any atom is 0.258 e. The van der Waals surface area contributed by atoms with E-state index in [1.165, 1.54) is 6.33 Å². The van der Waals surface area contributed by atoms with Crippen molar-refractivity contribution in [1.82, 2.24) is 19.9 Å². The molecule has 0 fully saturated rings. The summed E-state index contributed by atoms with van der Waals surface area (Å²) in [6, 6.07) is 3.42. The number of hydrogen-bond donors (Lipinski definition) is 4. The Labute approximate surface area is 114 Å². The van der Waals surface area contributed by atoms with Crippen molar-refractivity contribution in [3.63, 3.8) is 0 Å². The second kappa shape index (κ2) is 5.04. The van der Waals surface area contributed by atoms with E-state index >= 15 is 0 Å². The van der Waals surface area contributed by atoms with Crippen LogP contribution in [0.1, 0.15) is 5.82 Å². The van der Waals surface area contributed by atoms with Crippen LogP contribution in [0.2, 0.25) is 0 Å². The first-order valence-electron chi connectivity index (χ1n) is 6.23. The van der Waals surface area contributed by atoms with Crippen molar-refractivity contribution in [3.8, 4) is 0 Å². The third-order valence-corrected chi connectivity index (χ3v) is 3.04. The minimum Gasteiger partial charge on any atom is -0.397 e. The zero-order valence-corrected chi connectivity index (χ0v) is 10.7. The average molecular weight is 270 g/mol. The van der Waals surface area contributed by atoms with Crippen molar-refractivity contribution in [2.24, 2.45) is 0 Å². The smallest absolute Gasteiger partial charge is 0.258 e. The Bertz CT molecular complexity index is 777. The molecule has 20 heavy (non-hydrogen) atoms. The molecule has 0 aliphatic rings. The van der Waals surface area contributed by atoms with Gasteiger partial charge in [-0.1, -0.05) is 0 Å². The number of rotatable bonds is 4. The highest BCUT2D eigenvalue weighted by Gasteiger charge is 2.05. The highest BCUT2D eigenvalue weighted by Crippen LogP contribution is 2.22. The number of fused-ring (bicyclic) bond motifs is 1. The number of benzene rings is 1. The topological polar surface area (TPSA) is 112 Å². The van der Waals surface area contributed by atoms with Crippen LogP contribution in [0.25, 0.3) is 10.9 Å². The van der Waals surface area contributed by atoms with Gasteiger partial charge in [0.25, 0.3) is 5.56 Å². The van der Waals surface area contributed by atoms with Gasteiger partial charge in [-0.2, -0.15) is 0 Å². The zero-order chi connectivity index (χ0) is 13.9. The summed E-state index contributed by atoms with van der Waals surface area (Å²) in [5.74, 6) is 0.909. The van der Waals surface area contributed by atoms with Gasteiger partial charge in [0.15, 0.2) is 0 Å². The second-order valence-electron chi connectivity index (χ2n) is 4.40. The molecule has 0 atom stereocenters. The lowest BCUT2D eigenvalue weighted by atomic mass is 10.2. The summed E-state index contributed by atoms with van der Waals surface area (Å²) in [7, 11) is 0. The van der Waals surface area contributed by atoms with E-state index in [1.807, 2.05) is 0 Å². The van der Waals surface area contributed by atoms with Gasteiger partial charge in [-0.05, 0) is 12.1 Å². The first-order chi connectivity index (χ1) is 9.74. The molecule has 3 rings (SSSR count). The van der Waals surface area contributed by atoms with E-state index in [9.17, 15) is 4.79 Å². The van der Waals surface area contributed by atoms with Gasteiger partial charge >= 0.3 is 0 Å². The fraction of sp³-hybridized carbons (Fsp3) is 0.154. The normalized spacial score (nSPS) is 10.8. The first kappa shape index (κ1) is 12.2. The van der Waals surface area contributed by atoms with E-state index in [2.05, 4.69) is 25.3 Å². The molecular formula is C13H14N6O. The molecule has 0 amide bonds. The molecule has 0 unspecified atom stereocenters. The first-order valence-corrected chi connectivity index (χ1v) is 6.23. The fourth-order valence-corrected chi connectivity index (χ4v) is 2.04. The predicted molar refractivity (Wildman–Crippen MR) is 77.6 cm³/mol. The SMILES string of the molecule is Nc1cc2c(=O)[nH]cnc2cc1NCCc1ncc[nH]1. The minimum atomic E-state index is -0.191. The lowest BCUT2D eigenvalue weighted by Gasteiger charge is -2.09. The van der Waals surface area contributed by atoms with Gasteiger partial charge in [0, 0.05) is 25.4 Å². The molecule has 3 aromatic rings. The van der Waals surface area contributed by atoms with Crippen LogP contribution in [0, 0.1) is 0 Å². The molecule has 0 saturated heterocycles. The molecule has 2 heterocycles. The van der Waals surface area contributed by atoms with E-state index < -0.39 is 0 Å². The fourth-order valence-electron chi connectivity index (χ4n) is 2.04. The van der Waals surface area contributed by atoms with Gasteiger partial charge in [0.1, 0.15) is 5.82 Å². The Morgan fingerprint density at radius 1 is 1.25 bits per heavy atom. The number of imidazole rings is 1. The maximum absolute atomic E-state index is 11.6. The van der Waals surface area contributed by atoms with E-state index in [1.54, 1.807) is 24.5 Å². The van der Waals surface area contributed by atoms with Crippen LogP contribution in [0.3, 0.4) is 0 Å². The molecule has 7 nitrogen and oxygen atoms in total. The molecule has 7 heteroatoms. The molecule has 0 radical (unpaired) electrons. The summed E-state index contributed by atoms with van der Waals surface area (Å²) in [4.78, 5) is 25.5. The Kier molecular flexibility index (Phi) is 3.08. The quantitative estimate of drug-likeness (QED) is 0.526. The molecule has 102 valence electrons. The molecule has 0 spiro atoms. The van der Waals surface area contributed by atoms with Gasteiger partial charge < -0.3 is 21.0 Å². The van der Waals surface area contributed by atoms with Gasteiger partial charge in [-0.25, -0.2) is 9.97 Å². The zero-order valence-electron chi connectivity index (χ0n) is 10.7. The third-order valence-electron chi connectivity index (χ3n) is 3.04. The standard InChI is InChI=1S/C13H14N6O/c14-9-5-8-10(18-7-19-13(8)20)6-11(9)15-2-1-12-16-3-4-17-12/h3-7,15H,1-2,14H2,(H,16,17)(H,18,19,20). The lowest BCUT2D eigenvalue weighted by molar-refractivity contribution is 0.928. The summed E-state index contributed by atoms with van der Waals surface area (Å²) < 4.78 is 0. The molecule has 2 aromatic heterocycles. The average Bonchev–Trinajstić information content (AvgIpc) is 2.94. The Morgan fingerprint density at radius 2 is 2.15 bits per heavy atom. The van der Waals surface area contributed by atoms with Crippen molar-refractivity contribution in [2.75, 3.05) is 17.6 Å². The molecule has 5 N–H and O–H groups in total. The maximum atomic E-state index is 11.6. The van der Waals surface area contributed by atoms with Gasteiger partial charge in [0.2, 0.25) is 0 Å². The summed E-state index contributed by atoms with van der Waals surface area (Å²) >= 11 is 0. The third kappa shape index (κ3) is 2.33. The molecule has 0 aliphatic carbocycles. The summed E-state index contributed by atoms with van der Waals surface area (Å²) in [5, 5.41) is 3.71. The number of aromatic amines is 2. The van der Waals surface area contributed by atoms with E-state index in [0.29, 0.717) is 23.1 Å². The monoisotopic (exact) mass is 270 g/mol. The number of aromatic nitrogens is 4. The predicted octanol–water partition coefficient (Wildman–Crippen LogP) is 0.883. The van der Waals surface area contributed by atoms with Crippen LogP contribution in [0.5, 0.6) is 0 Å². The van der Waals surface area contributed by atoms with Gasteiger partial charge in [-0.3, -0.25) is 4.79 Å². The van der Waals surface area contributed by atoms with E-state index in [4.69, 9.17) is 5.73 Å². The highest BCUT2D eigenvalue weighted by molar-refractivity contribution is 5.88. The van der Waals surface area contributed by atoms with Crippen molar-refractivity contribution in [2.45, 2.75) is 6.42 Å². The van der Waals surface area contributed by atoms with Gasteiger partial charge in [-0.15, -0.1) is 0 Å². The number of H-pyrrole nitrogens is 2. The van der Waals surface area contributed by atoms with Crippen molar-refractivity contribution in [1.29, 1.82) is 0 Å². The molecule has 0 aliphatic heterocycles. The lowest BCUT2D eigenvalue weighted by Crippen LogP contribution is -2.10. The summed E-state index contributed by atoms with van der Waals surface area (Å²) in [6.45, 7) is 0.687. The van der Waals surface area contributed by atoms with Crippen LogP contribution in [0.4, 0.5) is 11.4 Å².